The Bertz CT molecular complexity index is 349. The van der Waals surface area contributed by atoms with Crippen molar-refractivity contribution in [1.82, 2.24) is 0 Å². The number of para-hydroxylation sites is 1. The molecule has 1 aliphatic heterocycles. The summed E-state index contributed by atoms with van der Waals surface area (Å²) in [6.07, 6.45) is 0.652. The average molecular weight is 176 g/mol. The average Bonchev–Trinajstić information content (AvgIpc) is 2.15. The van der Waals surface area contributed by atoms with Crippen molar-refractivity contribution in [3.8, 4) is 0 Å². The topological polar surface area (TPSA) is 46.3 Å². The summed E-state index contributed by atoms with van der Waals surface area (Å²) in [4.78, 5) is 13.1. The molecule has 1 atom stereocenters. The van der Waals surface area contributed by atoms with E-state index in [0.717, 1.165) is 11.3 Å². The number of benzene rings is 1. The lowest BCUT2D eigenvalue weighted by atomic mass is 9.98. The molecule has 1 amide bonds. The van der Waals surface area contributed by atoms with Gasteiger partial charge in [0.1, 0.15) is 0 Å². The van der Waals surface area contributed by atoms with Gasteiger partial charge < -0.3 is 10.6 Å². The first kappa shape index (κ1) is 8.26. The van der Waals surface area contributed by atoms with Crippen LogP contribution in [-0.4, -0.2) is 19.0 Å². The Morgan fingerprint density at radius 2 is 2.15 bits per heavy atom. The van der Waals surface area contributed by atoms with Gasteiger partial charge in [-0.2, -0.15) is 0 Å². The predicted molar refractivity (Wildman–Crippen MR) is 51.5 cm³/mol. The SMILES string of the molecule is CN1C(=O)C(N)Cc2ccccc21. The Morgan fingerprint density at radius 1 is 1.46 bits per heavy atom. The molecule has 2 N–H and O–H groups in total. The van der Waals surface area contributed by atoms with Gasteiger partial charge in [-0.3, -0.25) is 4.79 Å². The van der Waals surface area contributed by atoms with E-state index in [0.29, 0.717) is 6.42 Å². The second kappa shape index (κ2) is 2.85. The van der Waals surface area contributed by atoms with Crippen molar-refractivity contribution in [3.05, 3.63) is 29.8 Å². The van der Waals surface area contributed by atoms with Gasteiger partial charge in [0, 0.05) is 12.7 Å². The maximum atomic E-state index is 11.5. The Morgan fingerprint density at radius 3 is 2.92 bits per heavy atom. The van der Waals surface area contributed by atoms with Crippen molar-refractivity contribution in [2.45, 2.75) is 12.5 Å². The zero-order chi connectivity index (χ0) is 9.42. The Balaban J connectivity index is 2.49. The molecule has 0 radical (unpaired) electrons. The first-order valence-electron chi connectivity index (χ1n) is 4.31. The van der Waals surface area contributed by atoms with E-state index in [-0.39, 0.29) is 11.9 Å². The second-order valence-corrected chi connectivity index (χ2v) is 3.34. The molecule has 0 aromatic heterocycles. The lowest BCUT2D eigenvalue weighted by Crippen LogP contribution is -2.46. The van der Waals surface area contributed by atoms with Gasteiger partial charge in [0.15, 0.2) is 0 Å². The van der Waals surface area contributed by atoms with E-state index in [1.807, 2.05) is 24.3 Å². The van der Waals surface area contributed by atoms with Gasteiger partial charge in [0.05, 0.1) is 6.04 Å². The monoisotopic (exact) mass is 176 g/mol. The highest BCUT2D eigenvalue weighted by molar-refractivity contribution is 5.99. The van der Waals surface area contributed by atoms with Crippen LogP contribution in [0.1, 0.15) is 5.56 Å². The lowest BCUT2D eigenvalue weighted by Gasteiger charge is -2.29. The highest BCUT2D eigenvalue weighted by Crippen LogP contribution is 2.25. The zero-order valence-corrected chi connectivity index (χ0v) is 7.53. The maximum absolute atomic E-state index is 11.5. The third kappa shape index (κ3) is 1.21. The normalized spacial score (nSPS) is 21.5. The molecule has 3 nitrogen and oxygen atoms in total. The van der Waals surface area contributed by atoms with E-state index >= 15 is 0 Å². The summed E-state index contributed by atoms with van der Waals surface area (Å²) in [6, 6.07) is 7.48. The summed E-state index contributed by atoms with van der Waals surface area (Å²) in [7, 11) is 1.76. The molecule has 1 aromatic carbocycles. The number of anilines is 1. The summed E-state index contributed by atoms with van der Waals surface area (Å²) < 4.78 is 0. The standard InChI is InChI=1S/C10H12N2O/c1-12-9-5-3-2-4-7(9)6-8(11)10(12)13/h2-5,8H,6,11H2,1H3. The molecule has 1 unspecified atom stereocenters. The number of amides is 1. The third-order valence-electron chi connectivity index (χ3n) is 2.44. The minimum atomic E-state index is -0.375. The quantitative estimate of drug-likeness (QED) is 0.627. The van der Waals surface area contributed by atoms with E-state index in [4.69, 9.17) is 5.73 Å². The van der Waals surface area contributed by atoms with E-state index in [9.17, 15) is 4.79 Å². The molecular formula is C10H12N2O. The van der Waals surface area contributed by atoms with Crippen LogP contribution in [0, 0.1) is 0 Å². The summed E-state index contributed by atoms with van der Waals surface area (Å²) in [6.45, 7) is 0. The van der Waals surface area contributed by atoms with Crippen LogP contribution in [0.2, 0.25) is 0 Å². The van der Waals surface area contributed by atoms with E-state index in [2.05, 4.69) is 0 Å². The zero-order valence-electron chi connectivity index (χ0n) is 7.53. The number of hydrogen-bond donors (Lipinski definition) is 1. The minimum Gasteiger partial charge on any atom is -0.320 e. The molecule has 2 rings (SSSR count). The van der Waals surface area contributed by atoms with Crippen LogP contribution in [0.3, 0.4) is 0 Å². The van der Waals surface area contributed by atoms with E-state index < -0.39 is 0 Å². The molecule has 1 heterocycles. The van der Waals surface area contributed by atoms with Crippen molar-refractivity contribution in [2.75, 3.05) is 11.9 Å². The van der Waals surface area contributed by atoms with Gasteiger partial charge in [0.2, 0.25) is 5.91 Å². The van der Waals surface area contributed by atoms with Crippen molar-refractivity contribution >= 4 is 11.6 Å². The third-order valence-corrected chi connectivity index (χ3v) is 2.44. The smallest absolute Gasteiger partial charge is 0.243 e. The highest BCUT2D eigenvalue weighted by atomic mass is 16.2. The molecule has 0 spiro atoms. The fraction of sp³-hybridized carbons (Fsp3) is 0.300. The minimum absolute atomic E-state index is 0.00120. The Hall–Kier alpha value is -1.35. The van der Waals surface area contributed by atoms with Crippen molar-refractivity contribution in [3.63, 3.8) is 0 Å². The number of rotatable bonds is 0. The highest BCUT2D eigenvalue weighted by Gasteiger charge is 2.26. The van der Waals surface area contributed by atoms with Crippen LogP contribution in [-0.2, 0) is 11.2 Å². The maximum Gasteiger partial charge on any atom is 0.243 e. The lowest BCUT2D eigenvalue weighted by molar-refractivity contribution is -0.119. The summed E-state index contributed by atoms with van der Waals surface area (Å²) in [5, 5.41) is 0. The summed E-state index contributed by atoms with van der Waals surface area (Å²) in [5.74, 6) is -0.00120. The molecule has 68 valence electrons. The molecule has 0 fully saturated rings. The van der Waals surface area contributed by atoms with Gasteiger partial charge in [-0.1, -0.05) is 18.2 Å². The molecular weight excluding hydrogens is 164 g/mol. The van der Waals surface area contributed by atoms with E-state index in [1.54, 1.807) is 11.9 Å². The number of nitrogens with two attached hydrogens (primary N) is 1. The number of nitrogens with zero attached hydrogens (tertiary/aromatic N) is 1. The number of carbonyl (C=O) groups excluding carboxylic acids is 1. The van der Waals surface area contributed by atoms with Crippen LogP contribution in [0.4, 0.5) is 5.69 Å². The van der Waals surface area contributed by atoms with Crippen LogP contribution < -0.4 is 10.6 Å². The molecule has 0 saturated carbocycles. The molecule has 0 aliphatic carbocycles. The van der Waals surface area contributed by atoms with Crippen LogP contribution in [0.25, 0.3) is 0 Å². The van der Waals surface area contributed by atoms with Crippen molar-refractivity contribution in [1.29, 1.82) is 0 Å². The predicted octanol–water partition coefficient (Wildman–Crippen LogP) is 0.533. The van der Waals surface area contributed by atoms with Gasteiger partial charge in [-0.15, -0.1) is 0 Å². The molecule has 3 heteroatoms. The van der Waals surface area contributed by atoms with Gasteiger partial charge in [-0.05, 0) is 18.1 Å². The number of hydrogen-bond acceptors (Lipinski definition) is 2. The van der Waals surface area contributed by atoms with Crippen molar-refractivity contribution < 1.29 is 4.79 Å². The molecule has 13 heavy (non-hydrogen) atoms. The molecule has 1 aliphatic rings. The van der Waals surface area contributed by atoms with Gasteiger partial charge in [0.25, 0.3) is 0 Å². The van der Waals surface area contributed by atoms with Crippen LogP contribution >= 0.6 is 0 Å². The molecule has 1 aromatic rings. The molecule has 0 saturated heterocycles. The Labute approximate surface area is 77.1 Å². The second-order valence-electron chi connectivity index (χ2n) is 3.34. The van der Waals surface area contributed by atoms with E-state index in [1.165, 1.54) is 0 Å². The first-order chi connectivity index (χ1) is 6.20. The largest absolute Gasteiger partial charge is 0.320 e. The van der Waals surface area contributed by atoms with Gasteiger partial charge >= 0.3 is 0 Å². The molecule has 0 bridgehead atoms. The fourth-order valence-electron chi connectivity index (χ4n) is 1.70. The first-order valence-corrected chi connectivity index (χ1v) is 4.31. The number of carbonyl (C=O) groups is 1. The van der Waals surface area contributed by atoms with Gasteiger partial charge in [-0.25, -0.2) is 0 Å². The fourth-order valence-corrected chi connectivity index (χ4v) is 1.70. The number of fused-ring (bicyclic) bond motifs is 1. The number of likely N-dealkylation sites (N-methyl/N-ethyl adjacent to an activating group) is 1. The summed E-state index contributed by atoms with van der Waals surface area (Å²) >= 11 is 0. The van der Waals surface area contributed by atoms with Crippen LogP contribution in [0.15, 0.2) is 24.3 Å². The van der Waals surface area contributed by atoms with Crippen LogP contribution in [0.5, 0.6) is 0 Å². The Kier molecular flexibility index (Phi) is 1.81. The summed E-state index contributed by atoms with van der Waals surface area (Å²) in [5.41, 5.74) is 7.82. The van der Waals surface area contributed by atoms with Crippen molar-refractivity contribution in [2.24, 2.45) is 5.73 Å².